The lowest BCUT2D eigenvalue weighted by Gasteiger charge is -2.22. The highest BCUT2D eigenvalue weighted by Gasteiger charge is 2.10. The van der Waals surface area contributed by atoms with E-state index in [9.17, 15) is 0 Å². The summed E-state index contributed by atoms with van der Waals surface area (Å²) in [4.78, 5) is 6.87. The van der Waals surface area contributed by atoms with Crippen LogP contribution in [0.5, 0.6) is 0 Å². The van der Waals surface area contributed by atoms with Gasteiger partial charge in [0, 0.05) is 0 Å². The van der Waals surface area contributed by atoms with Crippen molar-refractivity contribution in [2.45, 2.75) is 19.3 Å². The Hall–Kier alpha value is -0.120. The highest BCUT2D eigenvalue weighted by atomic mass is 15.1. The standard InChI is InChI=1S/C13H31N3/c1-14(2)10-7-13(8-11-15(3)4)9-12-16(5)6/h13H,7-12H2,1-6H3. The summed E-state index contributed by atoms with van der Waals surface area (Å²) >= 11 is 0. The molecule has 98 valence electrons. The van der Waals surface area contributed by atoms with Crippen LogP contribution >= 0.6 is 0 Å². The number of hydrogen-bond donors (Lipinski definition) is 0. The van der Waals surface area contributed by atoms with Gasteiger partial charge in [0.2, 0.25) is 0 Å². The normalized spacial score (nSPS) is 12.4. The monoisotopic (exact) mass is 229 g/mol. The minimum atomic E-state index is 0.868. The molecule has 16 heavy (non-hydrogen) atoms. The second-order valence-corrected chi connectivity index (χ2v) is 5.64. The molecule has 0 aliphatic heterocycles. The zero-order chi connectivity index (χ0) is 12.6. The van der Waals surface area contributed by atoms with Crippen molar-refractivity contribution in [3.05, 3.63) is 0 Å². The average Bonchev–Trinajstić information content (AvgIpc) is 2.15. The van der Waals surface area contributed by atoms with E-state index in [2.05, 4.69) is 57.0 Å². The molecule has 0 aliphatic rings. The molecule has 0 radical (unpaired) electrons. The van der Waals surface area contributed by atoms with Crippen molar-refractivity contribution < 1.29 is 0 Å². The number of hydrogen-bond acceptors (Lipinski definition) is 3. The molecule has 0 N–H and O–H groups in total. The Bertz CT molecular complexity index is 127. The quantitative estimate of drug-likeness (QED) is 0.593. The number of rotatable bonds is 9. The summed E-state index contributed by atoms with van der Waals surface area (Å²) in [6.45, 7) is 3.64. The molecule has 0 aromatic rings. The van der Waals surface area contributed by atoms with Crippen LogP contribution in [0.25, 0.3) is 0 Å². The maximum atomic E-state index is 2.29. The van der Waals surface area contributed by atoms with Crippen LogP contribution in [0.1, 0.15) is 19.3 Å². The molecular weight excluding hydrogens is 198 g/mol. The van der Waals surface area contributed by atoms with Gasteiger partial charge < -0.3 is 14.7 Å². The summed E-state index contributed by atoms with van der Waals surface area (Å²) in [7, 11) is 13.0. The first-order valence-corrected chi connectivity index (χ1v) is 6.36. The summed E-state index contributed by atoms with van der Waals surface area (Å²) in [5.74, 6) is 0.868. The van der Waals surface area contributed by atoms with Crippen molar-refractivity contribution in [3.8, 4) is 0 Å². The van der Waals surface area contributed by atoms with Gasteiger partial charge in [-0.15, -0.1) is 0 Å². The Morgan fingerprint density at radius 1 is 0.562 bits per heavy atom. The molecule has 0 saturated carbocycles. The molecule has 0 spiro atoms. The first-order valence-electron chi connectivity index (χ1n) is 6.36. The molecule has 3 heteroatoms. The van der Waals surface area contributed by atoms with E-state index in [4.69, 9.17) is 0 Å². The maximum absolute atomic E-state index is 2.29. The summed E-state index contributed by atoms with van der Waals surface area (Å²) in [5.41, 5.74) is 0. The summed E-state index contributed by atoms with van der Waals surface area (Å²) in [5, 5.41) is 0. The van der Waals surface area contributed by atoms with Crippen molar-refractivity contribution in [2.75, 3.05) is 61.9 Å². The van der Waals surface area contributed by atoms with Gasteiger partial charge in [0.1, 0.15) is 0 Å². The fourth-order valence-corrected chi connectivity index (χ4v) is 1.76. The summed E-state index contributed by atoms with van der Waals surface area (Å²) < 4.78 is 0. The molecule has 0 aromatic heterocycles. The van der Waals surface area contributed by atoms with E-state index in [1.54, 1.807) is 0 Å². The molecule has 0 heterocycles. The zero-order valence-electron chi connectivity index (χ0n) is 12.2. The molecule has 0 amide bonds. The molecule has 0 saturated heterocycles. The van der Waals surface area contributed by atoms with Crippen LogP contribution in [-0.2, 0) is 0 Å². The van der Waals surface area contributed by atoms with E-state index in [0.717, 1.165) is 5.92 Å². The Balaban J connectivity index is 3.85. The smallest absolute Gasteiger partial charge is 0.00222 e. The lowest BCUT2D eigenvalue weighted by Crippen LogP contribution is -2.24. The lowest BCUT2D eigenvalue weighted by atomic mass is 9.97. The van der Waals surface area contributed by atoms with Crippen molar-refractivity contribution >= 4 is 0 Å². The zero-order valence-corrected chi connectivity index (χ0v) is 12.2. The van der Waals surface area contributed by atoms with Crippen molar-refractivity contribution in [3.63, 3.8) is 0 Å². The Morgan fingerprint density at radius 2 is 0.812 bits per heavy atom. The molecular formula is C13H31N3. The van der Waals surface area contributed by atoms with Gasteiger partial charge in [-0.2, -0.15) is 0 Å². The van der Waals surface area contributed by atoms with Gasteiger partial charge in [-0.05, 0) is 87.1 Å². The molecule has 0 unspecified atom stereocenters. The van der Waals surface area contributed by atoms with E-state index in [1.165, 1.54) is 38.9 Å². The minimum absolute atomic E-state index is 0.868. The van der Waals surface area contributed by atoms with Crippen LogP contribution in [0.4, 0.5) is 0 Å². The van der Waals surface area contributed by atoms with Gasteiger partial charge in [0.05, 0.1) is 0 Å². The third kappa shape index (κ3) is 10.4. The van der Waals surface area contributed by atoms with Gasteiger partial charge in [0.25, 0.3) is 0 Å². The SMILES string of the molecule is CN(C)CCC(CCN(C)C)CCN(C)C. The fraction of sp³-hybridized carbons (Fsp3) is 1.00. The van der Waals surface area contributed by atoms with Gasteiger partial charge in [0.15, 0.2) is 0 Å². The van der Waals surface area contributed by atoms with E-state index in [0.29, 0.717) is 0 Å². The molecule has 0 bridgehead atoms. The fourth-order valence-electron chi connectivity index (χ4n) is 1.76. The van der Waals surface area contributed by atoms with Crippen LogP contribution < -0.4 is 0 Å². The Morgan fingerprint density at radius 3 is 1.00 bits per heavy atom. The van der Waals surface area contributed by atoms with Crippen LogP contribution in [0, 0.1) is 5.92 Å². The van der Waals surface area contributed by atoms with Crippen molar-refractivity contribution in [2.24, 2.45) is 5.92 Å². The van der Waals surface area contributed by atoms with E-state index in [1.807, 2.05) is 0 Å². The van der Waals surface area contributed by atoms with E-state index in [-0.39, 0.29) is 0 Å². The third-order valence-electron chi connectivity index (χ3n) is 2.95. The van der Waals surface area contributed by atoms with Crippen LogP contribution in [0.15, 0.2) is 0 Å². The second kappa shape index (κ2) is 8.97. The first kappa shape index (κ1) is 15.9. The lowest BCUT2D eigenvalue weighted by molar-refractivity contribution is 0.270. The van der Waals surface area contributed by atoms with Crippen molar-refractivity contribution in [1.29, 1.82) is 0 Å². The minimum Gasteiger partial charge on any atom is -0.309 e. The predicted octanol–water partition coefficient (Wildman–Crippen LogP) is 1.46. The van der Waals surface area contributed by atoms with Gasteiger partial charge >= 0.3 is 0 Å². The molecule has 0 rings (SSSR count). The highest BCUT2D eigenvalue weighted by Crippen LogP contribution is 2.14. The Kier molecular flexibility index (Phi) is 8.90. The van der Waals surface area contributed by atoms with Crippen LogP contribution in [0.3, 0.4) is 0 Å². The van der Waals surface area contributed by atoms with Crippen molar-refractivity contribution in [1.82, 2.24) is 14.7 Å². The topological polar surface area (TPSA) is 9.72 Å². The average molecular weight is 229 g/mol. The molecule has 0 aromatic carbocycles. The Labute approximate surface area is 102 Å². The number of nitrogens with zero attached hydrogens (tertiary/aromatic N) is 3. The third-order valence-corrected chi connectivity index (χ3v) is 2.95. The maximum Gasteiger partial charge on any atom is -0.00222 e. The summed E-state index contributed by atoms with van der Waals surface area (Å²) in [6, 6.07) is 0. The molecule has 0 fully saturated rings. The van der Waals surface area contributed by atoms with Gasteiger partial charge in [-0.1, -0.05) is 0 Å². The molecule has 3 nitrogen and oxygen atoms in total. The highest BCUT2D eigenvalue weighted by molar-refractivity contribution is 4.64. The van der Waals surface area contributed by atoms with Gasteiger partial charge in [-0.25, -0.2) is 0 Å². The largest absolute Gasteiger partial charge is 0.309 e. The van der Waals surface area contributed by atoms with E-state index >= 15 is 0 Å². The summed E-state index contributed by atoms with van der Waals surface area (Å²) in [6.07, 6.45) is 3.98. The van der Waals surface area contributed by atoms with Gasteiger partial charge in [-0.3, -0.25) is 0 Å². The molecule has 0 atom stereocenters. The van der Waals surface area contributed by atoms with E-state index < -0.39 is 0 Å². The first-order chi connectivity index (χ1) is 7.41. The second-order valence-electron chi connectivity index (χ2n) is 5.64. The van der Waals surface area contributed by atoms with Crippen LogP contribution in [-0.4, -0.2) is 76.6 Å². The predicted molar refractivity (Wildman–Crippen MR) is 73.0 cm³/mol. The van der Waals surface area contributed by atoms with Crippen LogP contribution in [0.2, 0.25) is 0 Å². The molecule has 0 aliphatic carbocycles.